The minimum atomic E-state index is -0.640. The number of carbonyl (C=O) groups is 2. The number of aliphatic hydroxyl groups excluding tert-OH is 1. The molecule has 172 valence electrons. The Kier molecular flexibility index (Phi) is 8.47. The normalized spacial score (nSPS) is 16.3. The van der Waals surface area contributed by atoms with E-state index in [2.05, 4.69) is 18.7 Å². The van der Waals surface area contributed by atoms with Gasteiger partial charge in [-0.15, -0.1) is 11.3 Å². The van der Waals surface area contributed by atoms with Gasteiger partial charge in [-0.25, -0.2) is 0 Å². The Morgan fingerprint density at radius 2 is 1.97 bits per heavy atom. The number of carbonyl (C=O) groups excluding carboxylic acids is 2. The lowest BCUT2D eigenvalue weighted by Crippen LogP contribution is -2.34. The van der Waals surface area contributed by atoms with Gasteiger partial charge in [-0.05, 0) is 61.6 Å². The van der Waals surface area contributed by atoms with E-state index in [4.69, 9.17) is 4.74 Å². The average Bonchev–Trinajstić information content (AvgIpc) is 3.43. The molecule has 1 aromatic carbocycles. The van der Waals surface area contributed by atoms with Crippen LogP contribution in [0.5, 0.6) is 5.75 Å². The second-order valence-electron chi connectivity index (χ2n) is 7.77. The molecule has 1 aliphatic rings. The van der Waals surface area contributed by atoms with Gasteiger partial charge in [0.2, 0.25) is 5.78 Å². The minimum absolute atomic E-state index is 0.146. The second kappa shape index (κ2) is 11.3. The van der Waals surface area contributed by atoms with Crippen LogP contribution in [-0.2, 0) is 4.79 Å². The molecule has 1 aromatic heterocycles. The molecule has 0 aliphatic carbocycles. The first-order chi connectivity index (χ1) is 15.5. The maximum atomic E-state index is 13.3. The maximum absolute atomic E-state index is 13.3. The summed E-state index contributed by atoms with van der Waals surface area (Å²) in [6, 6.07) is 10.4. The Morgan fingerprint density at radius 1 is 1.19 bits per heavy atom. The largest absolute Gasteiger partial charge is 0.503 e. The fourth-order valence-corrected chi connectivity index (χ4v) is 4.68. The molecule has 0 unspecified atom stereocenters. The molecule has 0 saturated carbocycles. The van der Waals surface area contributed by atoms with Gasteiger partial charge >= 0.3 is 0 Å². The summed E-state index contributed by atoms with van der Waals surface area (Å²) in [7, 11) is 0. The molecular weight excluding hydrogens is 424 g/mol. The number of ether oxygens (including phenoxy) is 1. The first kappa shape index (κ1) is 24.0. The highest BCUT2D eigenvalue weighted by molar-refractivity contribution is 7.12. The van der Waals surface area contributed by atoms with E-state index in [0.717, 1.165) is 38.0 Å². The van der Waals surface area contributed by atoms with Crippen LogP contribution >= 0.6 is 11.3 Å². The topological polar surface area (TPSA) is 70.1 Å². The molecule has 1 amide bonds. The van der Waals surface area contributed by atoms with E-state index in [1.165, 1.54) is 11.3 Å². The van der Waals surface area contributed by atoms with E-state index in [1.807, 2.05) is 36.6 Å². The summed E-state index contributed by atoms with van der Waals surface area (Å²) in [5, 5.41) is 12.6. The summed E-state index contributed by atoms with van der Waals surface area (Å²) in [6.07, 6.45) is 1.64. The SMILES string of the molecule is CCCOc1cccc([C@@H]2C(C(=O)c3cccs3)=C(O)C(=O)N2CCCN(CC)CC)c1. The van der Waals surface area contributed by atoms with Gasteiger partial charge in [0, 0.05) is 6.54 Å². The second-order valence-corrected chi connectivity index (χ2v) is 8.72. The standard InChI is InChI=1S/C25H32N2O4S/c1-4-15-31-19-11-7-10-18(17-19)22-21(23(28)20-12-8-16-32-20)24(29)25(30)27(22)14-9-13-26(5-2)6-3/h7-8,10-12,16-17,22,29H,4-6,9,13-15H2,1-3H3/t22-/m1/s1. The van der Waals surface area contributed by atoms with Gasteiger partial charge < -0.3 is 19.6 Å². The number of benzene rings is 1. The smallest absolute Gasteiger partial charge is 0.290 e. The number of amides is 1. The van der Waals surface area contributed by atoms with E-state index in [9.17, 15) is 14.7 Å². The highest BCUT2D eigenvalue weighted by atomic mass is 32.1. The minimum Gasteiger partial charge on any atom is -0.503 e. The summed E-state index contributed by atoms with van der Waals surface area (Å²) in [5.41, 5.74) is 0.909. The number of rotatable bonds is 12. The van der Waals surface area contributed by atoms with Gasteiger partial charge in [0.05, 0.1) is 23.1 Å². The van der Waals surface area contributed by atoms with Crippen molar-refractivity contribution in [2.75, 3.05) is 32.8 Å². The van der Waals surface area contributed by atoms with E-state index >= 15 is 0 Å². The van der Waals surface area contributed by atoms with Crippen LogP contribution in [-0.4, -0.2) is 59.4 Å². The summed E-state index contributed by atoms with van der Waals surface area (Å²) in [4.78, 5) is 30.8. The molecule has 1 N–H and O–H groups in total. The fourth-order valence-electron chi connectivity index (χ4n) is 4.00. The molecule has 32 heavy (non-hydrogen) atoms. The third-order valence-electron chi connectivity index (χ3n) is 5.71. The third kappa shape index (κ3) is 5.22. The molecule has 2 heterocycles. The van der Waals surface area contributed by atoms with Crippen molar-refractivity contribution in [1.82, 2.24) is 9.80 Å². The van der Waals surface area contributed by atoms with Crippen molar-refractivity contribution in [2.45, 2.75) is 39.7 Å². The van der Waals surface area contributed by atoms with Crippen LogP contribution in [0.1, 0.15) is 54.9 Å². The van der Waals surface area contributed by atoms with Gasteiger partial charge in [0.25, 0.3) is 5.91 Å². The van der Waals surface area contributed by atoms with E-state index in [1.54, 1.807) is 17.0 Å². The molecule has 0 fully saturated rings. The van der Waals surface area contributed by atoms with Gasteiger partial charge in [-0.3, -0.25) is 9.59 Å². The van der Waals surface area contributed by atoms with Crippen LogP contribution < -0.4 is 4.74 Å². The quantitative estimate of drug-likeness (QED) is 0.463. The van der Waals surface area contributed by atoms with Crippen LogP contribution in [0.15, 0.2) is 53.1 Å². The van der Waals surface area contributed by atoms with Crippen molar-refractivity contribution >= 4 is 23.0 Å². The van der Waals surface area contributed by atoms with Gasteiger partial charge in [-0.2, -0.15) is 0 Å². The Bertz CT molecular complexity index is 951. The van der Waals surface area contributed by atoms with Crippen LogP contribution in [0.3, 0.4) is 0 Å². The molecule has 0 radical (unpaired) electrons. The first-order valence-electron chi connectivity index (χ1n) is 11.3. The predicted octanol–water partition coefficient (Wildman–Crippen LogP) is 4.85. The van der Waals surface area contributed by atoms with Crippen molar-refractivity contribution in [1.29, 1.82) is 0 Å². The monoisotopic (exact) mass is 456 g/mol. The molecule has 2 aromatic rings. The van der Waals surface area contributed by atoms with Crippen molar-refractivity contribution in [3.63, 3.8) is 0 Å². The third-order valence-corrected chi connectivity index (χ3v) is 6.58. The highest BCUT2D eigenvalue weighted by Gasteiger charge is 2.43. The lowest BCUT2D eigenvalue weighted by Gasteiger charge is -2.28. The molecule has 0 spiro atoms. The van der Waals surface area contributed by atoms with Crippen molar-refractivity contribution in [3.05, 3.63) is 63.6 Å². The molecule has 0 bridgehead atoms. The molecule has 1 atom stereocenters. The molecule has 3 rings (SSSR count). The first-order valence-corrected chi connectivity index (χ1v) is 12.2. The van der Waals surface area contributed by atoms with Gasteiger partial charge in [-0.1, -0.05) is 39.0 Å². The molecular formula is C25H32N2O4S. The maximum Gasteiger partial charge on any atom is 0.290 e. The summed E-state index contributed by atoms with van der Waals surface area (Å²) in [5.74, 6) is -0.554. The number of Topliss-reactive ketones (excluding diaryl/α,β-unsaturated/α-hetero) is 1. The summed E-state index contributed by atoms with van der Waals surface area (Å²) in [6.45, 7) is 10.0. The van der Waals surface area contributed by atoms with Crippen LogP contribution in [0, 0.1) is 0 Å². The number of aliphatic hydroxyl groups is 1. The Labute approximate surface area is 194 Å². The van der Waals surface area contributed by atoms with Gasteiger partial charge in [0.15, 0.2) is 5.76 Å². The Hall–Kier alpha value is -2.64. The van der Waals surface area contributed by atoms with E-state index < -0.39 is 17.7 Å². The fraction of sp³-hybridized carbons (Fsp3) is 0.440. The van der Waals surface area contributed by atoms with Gasteiger partial charge in [0.1, 0.15) is 5.75 Å². The number of hydrogen-bond acceptors (Lipinski definition) is 6. The highest BCUT2D eigenvalue weighted by Crippen LogP contribution is 2.40. The summed E-state index contributed by atoms with van der Waals surface area (Å²) >= 11 is 1.31. The molecule has 0 saturated heterocycles. The van der Waals surface area contributed by atoms with E-state index in [0.29, 0.717) is 23.8 Å². The Morgan fingerprint density at radius 3 is 2.62 bits per heavy atom. The molecule has 1 aliphatic heterocycles. The number of thiophene rings is 1. The van der Waals surface area contributed by atoms with Crippen molar-refractivity contribution in [3.8, 4) is 5.75 Å². The van der Waals surface area contributed by atoms with E-state index in [-0.39, 0.29) is 11.4 Å². The zero-order valence-corrected chi connectivity index (χ0v) is 19.9. The molecule has 6 nitrogen and oxygen atoms in total. The lowest BCUT2D eigenvalue weighted by molar-refractivity contribution is -0.129. The van der Waals surface area contributed by atoms with Crippen molar-refractivity contribution in [2.24, 2.45) is 0 Å². The summed E-state index contributed by atoms with van der Waals surface area (Å²) < 4.78 is 5.78. The number of ketones is 1. The molecule has 7 heteroatoms. The van der Waals surface area contributed by atoms with Crippen LogP contribution in [0.2, 0.25) is 0 Å². The van der Waals surface area contributed by atoms with Crippen molar-refractivity contribution < 1.29 is 19.4 Å². The van der Waals surface area contributed by atoms with Crippen LogP contribution in [0.25, 0.3) is 0 Å². The average molecular weight is 457 g/mol. The van der Waals surface area contributed by atoms with Crippen LogP contribution in [0.4, 0.5) is 0 Å². The zero-order chi connectivity index (χ0) is 23.1. The predicted molar refractivity (Wildman–Crippen MR) is 127 cm³/mol. The number of nitrogens with zero attached hydrogens (tertiary/aromatic N) is 2. The zero-order valence-electron chi connectivity index (χ0n) is 19.0. The number of hydrogen-bond donors (Lipinski definition) is 1. The Balaban J connectivity index is 1.94. The lowest BCUT2D eigenvalue weighted by atomic mass is 9.95.